The molecule has 0 saturated heterocycles. The van der Waals surface area contributed by atoms with Gasteiger partial charge in [0, 0.05) is 6.20 Å². The van der Waals surface area contributed by atoms with Gasteiger partial charge in [0.25, 0.3) is 0 Å². The van der Waals surface area contributed by atoms with Crippen molar-refractivity contribution in [2.45, 2.75) is 24.8 Å². The second kappa shape index (κ2) is 7.71. The first-order chi connectivity index (χ1) is 8.63. The maximum absolute atomic E-state index is 11.3. The van der Waals surface area contributed by atoms with Crippen LogP contribution in [0.25, 0.3) is 0 Å². The molecule has 0 spiro atoms. The summed E-state index contributed by atoms with van der Waals surface area (Å²) in [5.41, 5.74) is 0.130. The molecule has 0 aromatic carbocycles. The quantitative estimate of drug-likeness (QED) is 0.464. The minimum absolute atomic E-state index is 0.130. The smallest absolute Gasteiger partial charge is 0.337 e. The molecule has 0 amide bonds. The number of thioether (sulfide) groups is 1. The number of nitrogens with zero attached hydrogens (tertiary/aromatic N) is 1. The van der Waals surface area contributed by atoms with E-state index in [9.17, 15) is 9.59 Å². The van der Waals surface area contributed by atoms with Crippen molar-refractivity contribution in [2.24, 2.45) is 0 Å². The van der Waals surface area contributed by atoms with Crippen LogP contribution in [0.2, 0.25) is 0 Å². The third kappa shape index (κ3) is 5.18. The van der Waals surface area contributed by atoms with Crippen molar-refractivity contribution in [3.63, 3.8) is 0 Å². The van der Waals surface area contributed by atoms with Crippen LogP contribution in [0.5, 0.6) is 0 Å². The lowest BCUT2D eigenvalue weighted by molar-refractivity contribution is -0.140. The molecule has 1 heterocycles. The Bertz CT molecular complexity index is 405. The fraction of sp³-hybridized carbons (Fsp3) is 0.417. The van der Waals surface area contributed by atoms with Gasteiger partial charge in [-0.25, -0.2) is 9.78 Å². The van der Waals surface area contributed by atoms with E-state index in [1.165, 1.54) is 24.0 Å². The normalized spacial score (nSPS) is 10.1. The van der Waals surface area contributed by atoms with Crippen LogP contribution in [0.1, 0.15) is 30.1 Å². The minimum Gasteiger partial charge on any atom is -0.478 e. The number of carbonyl (C=O) groups is 2. The number of rotatable bonds is 7. The Balaban J connectivity index is 2.34. The Hall–Kier alpha value is -1.56. The lowest BCUT2D eigenvalue weighted by atomic mass is 10.3. The van der Waals surface area contributed by atoms with Gasteiger partial charge in [0.2, 0.25) is 0 Å². The number of aromatic carboxylic acids is 1. The Kier molecular flexibility index (Phi) is 6.21. The lowest BCUT2D eigenvalue weighted by Gasteiger charge is -2.03. The summed E-state index contributed by atoms with van der Waals surface area (Å²) in [5, 5.41) is 9.30. The summed E-state index contributed by atoms with van der Waals surface area (Å²) in [6, 6.07) is 3.04. The van der Waals surface area contributed by atoms with Gasteiger partial charge in [0.15, 0.2) is 0 Å². The van der Waals surface area contributed by atoms with Crippen LogP contribution in [0.3, 0.4) is 0 Å². The Morgan fingerprint density at radius 1 is 1.44 bits per heavy atom. The first-order valence-corrected chi connectivity index (χ1v) is 6.59. The van der Waals surface area contributed by atoms with Crippen molar-refractivity contribution in [1.82, 2.24) is 4.98 Å². The molecule has 0 saturated carbocycles. The van der Waals surface area contributed by atoms with E-state index in [-0.39, 0.29) is 17.3 Å². The summed E-state index contributed by atoms with van der Waals surface area (Å²) < 4.78 is 4.98. The monoisotopic (exact) mass is 269 g/mol. The minimum atomic E-state index is -1.02. The molecule has 1 aromatic heterocycles. The van der Waals surface area contributed by atoms with Crippen LogP contribution in [0, 0.1) is 0 Å². The number of esters is 1. The predicted octanol–water partition coefficient (Wildman–Crippen LogP) is 2.22. The molecule has 0 aliphatic heterocycles. The molecule has 1 aromatic rings. The number of ether oxygens (including phenoxy) is 1. The zero-order chi connectivity index (χ0) is 13.4. The van der Waals surface area contributed by atoms with E-state index in [1.807, 2.05) is 6.92 Å². The number of carbonyl (C=O) groups excluding carboxylic acids is 1. The van der Waals surface area contributed by atoms with Gasteiger partial charge < -0.3 is 9.84 Å². The fourth-order valence-corrected chi connectivity index (χ4v) is 1.74. The third-order valence-electron chi connectivity index (χ3n) is 2.08. The summed E-state index contributed by atoms with van der Waals surface area (Å²) in [6.45, 7) is 2.47. The van der Waals surface area contributed by atoms with Crippen LogP contribution in [0.4, 0.5) is 0 Å². The van der Waals surface area contributed by atoms with Gasteiger partial charge >= 0.3 is 11.9 Å². The molecule has 18 heavy (non-hydrogen) atoms. The van der Waals surface area contributed by atoms with Crippen molar-refractivity contribution in [3.8, 4) is 0 Å². The largest absolute Gasteiger partial charge is 0.478 e. The maximum atomic E-state index is 11.3. The maximum Gasteiger partial charge on any atom is 0.337 e. The number of pyridine rings is 1. The molecule has 6 heteroatoms. The van der Waals surface area contributed by atoms with E-state index >= 15 is 0 Å². The summed E-state index contributed by atoms with van der Waals surface area (Å²) >= 11 is 1.23. The average Bonchev–Trinajstić information content (AvgIpc) is 2.37. The van der Waals surface area contributed by atoms with Gasteiger partial charge in [-0.2, -0.15) is 0 Å². The van der Waals surface area contributed by atoms with Gasteiger partial charge in [-0.05, 0) is 18.6 Å². The third-order valence-corrected chi connectivity index (χ3v) is 3.00. The molecule has 1 N–H and O–H groups in total. The Morgan fingerprint density at radius 3 is 2.78 bits per heavy atom. The average molecular weight is 269 g/mol. The van der Waals surface area contributed by atoms with Crippen LogP contribution in [-0.4, -0.2) is 34.4 Å². The summed E-state index contributed by atoms with van der Waals surface area (Å²) in [6.07, 6.45) is 3.12. The van der Waals surface area contributed by atoms with Gasteiger partial charge in [-0.1, -0.05) is 25.1 Å². The van der Waals surface area contributed by atoms with Gasteiger partial charge in [-0.3, -0.25) is 4.79 Å². The van der Waals surface area contributed by atoms with Crippen LogP contribution in [0.15, 0.2) is 23.4 Å². The second-order valence-electron chi connectivity index (χ2n) is 3.55. The van der Waals surface area contributed by atoms with Crippen molar-refractivity contribution in [3.05, 3.63) is 23.9 Å². The molecule has 0 fully saturated rings. The number of aromatic nitrogens is 1. The van der Waals surface area contributed by atoms with Crippen molar-refractivity contribution in [1.29, 1.82) is 0 Å². The van der Waals surface area contributed by atoms with E-state index < -0.39 is 5.97 Å². The highest BCUT2D eigenvalue weighted by molar-refractivity contribution is 7.99. The molecule has 5 nitrogen and oxygen atoms in total. The number of carboxylic acids is 1. The van der Waals surface area contributed by atoms with E-state index in [4.69, 9.17) is 9.84 Å². The Labute approximate surface area is 110 Å². The second-order valence-corrected chi connectivity index (χ2v) is 4.55. The van der Waals surface area contributed by atoms with Crippen molar-refractivity contribution in [2.75, 3.05) is 12.4 Å². The number of unbranched alkanes of at least 4 members (excludes halogenated alkanes) is 1. The lowest BCUT2D eigenvalue weighted by Crippen LogP contribution is -2.08. The van der Waals surface area contributed by atoms with Gasteiger partial charge in [-0.15, -0.1) is 0 Å². The van der Waals surface area contributed by atoms with Crippen molar-refractivity contribution >= 4 is 23.7 Å². The van der Waals surface area contributed by atoms with E-state index in [0.29, 0.717) is 11.6 Å². The topological polar surface area (TPSA) is 76.5 Å². The SMILES string of the molecule is CCCCOC(=O)CSc1ccc(C(=O)O)cn1. The van der Waals surface area contributed by atoms with Crippen molar-refractivity contribution < 1.29 is 19.4 Å². The molecule has 0 radical (unpaired) electrons. The van der Waals surface area contributed by atoms with Crippen LogP contribution in [-0.2, 0) is 9.53 Å². The van der Waals surface area contributed by atoms with Crippen LogP contribution >= 0.6 is 11.8 Å². The highest BCUT2D eigenvalue weighted by atomic mass is 32.2. The van der Waals surface area contributed by atoms with Crippen LogP contribution < -0.4 is 0 Å². The van der Waals surface area contributed by atoms with E-state index in [2.05, 4.69) is 4.98 Å². The van der Waals surface area contributed by atoms with E-state index in [0.717, 1.165) is 12.8 Å². The number of hydrogen-bond acceptors (Lipinski definition) is 5. The molecule has 98 valence electrons. The zero-order valence-electron chi connectivity index (χ0n) is 10.1. The molecule has 0 aliphatic carbocycles. The first-order valence-electron chi connectivity index (χ1n) is 5.61. The van der Waals surface area contributed by atoms with Gasteiger partial charge in [0.05, 0.1) is 22.9 Å². The summed E-state index contributed by atoms with van der Waals surface area (Å²) in [7, 11) is 0. The Morgan fingerprint density at radius 2 is 2.22 bits per heavy atom. The highest BCUT2D eigenvalue weighted by Crippen LogP contribution is 2.15. The zero-order valence-corrected chi connectivity index (χ0v) is 10.9. The molecular weight excluding hydrogens is 254 g/mol. The fourth-order valence-electron chi connectivity index (χ4n) is 1.10. The molecule has 0 bridgehead atoms. The summed E-state index contributed by atoms with van der Waals surface area (Å²) in [4.78, 5) is 25.8. The highest BCUT2D eigenvalue weighted by Gasteiger charge is 2.06. The van der Waals surface area contributed by atoms with E-state index in [1.54, 1.807) is 6.07 Å². The summed E-state index contributed by atoms with van der Waals surface area (Å²) in [5.74, 6) is -1.11. The number of carboxylic acid groups (broad SMARTS) is 1. The molecule has 0 atom stereocenters. The molecule has 0 unspecified atom stereocenters. The molecular formula is C12H15NO4S. The number of hydrogen-bond donors (Lipinski definition) is 1. The molecule has 1 rings (SSSR count). The molecule has 0 aliphatic rings. The first kappa shape index (κ1) is 14.5. The predicted molar refractivity (Wildman–Crippen MR) is 67.8 cm³/mol. The standard InChI is InChI=1S/C12H15NO4S/c1-2-3-6-17-11(14)8-18-10-5-4-9(7-13-10)12(15)16/h4-5,7H,2-3,6,8H2,1H3,(H,15,16). The van der Waals surface area contributed by atoms with Gasteiger partial charge in [0.1, 0.15) is 0 Å².